The number of benzene rings is 1. The summed E-state index contributed by atoms with van der Waals surface area (Å²) in [5, 5.41) is 4.20. The summed E-state index contributed by atoms with van der Waals surface area (Å²) in [5.41, 5.74) is 1.87. The van der Waals surface area contributed by atoms with Crippen molar-refractivity contribution < 1.29 is 9.53 Å². The van der Waals surface area contributed by atoms with Crippen molar-refractivity contribution in [2.24, 2.45) is 0 Å². The van der Waals surface area contributed by atoms with Crippen molar-refractivity contribution in [1.82, 2.24) is 4.90 Å². The van der Waals surface area contributed by atoms with Gasteiger partial charge in [0.2, 0.25) is 0 Å². The molecule has 1 aromatic carbocycles. The Morgan fingerprint density at radius 2 is 2.29 bits per heavy atom. The van der Waals surface area contributed by atoms with Gasteiger partial charge in [0, 0.05) is 11.0 Å². The lowest BCUT2D eigenvalue weighted by Crippen LogP contribution is -2.30. The molecular formula is C16H16BrNO2S. The Balaban J connectivity index is 1.91. The van der Waals surface area contributed by atoms with E-state index in [1.807, 2.05) is 23.1 Å². The Morgan fingerprint density at radius 3 is 3.00 bits per heavy atom. The van der Waals surface area contributed by atoms with Crippen LogP contribution >= 0.6 is 27.3 Å². The van der Waals surface area contributed by atoms with Crippen molar-refractivity contribution in [3.05, 3.63) is 50.6 Å². The maximum atomic E-state index is 12.9. The van der Waals surface area contributed by atoms with E-state index in [2.05, 4.69) is 32.8 Å². The van der Waals surface area contributed by atoms with Gasteiger partial charge in [0.05, 0.1) is 18.7 Å². The van der Waals surface area contributed by atoms with Crippen molar-refractivity contribution in [1.29, 1.82) is 0 Å². The molecule has 1 unspecified atom stereocenters. The van der Waals surface area contributed by atoms with Crippen LogP contribution in [0.3, 0.4) is 0 Å². The van der Waals surface area contributed by atoms with E-state index in [0.29, 0.717) is 11.3 Å². The number of amides is 1. The number of ether oxygens (including phenoxy) is 1. The van der Waals surface area contributed by atoms with Crippen LogP contribution < -0.4 is 4.74 Å². The number of carbonyl (C=O) groups excluding carboxylic acids is 1. The molecule has 110 valence electrons. The summed E-state index contributed by atoms with van der Waals surface area (Å²) in [6.45, 7) is 0.804. The van der Waals surface area contributed by atoms with Crippen LogP contribution in [0.1, 0.15) is 34.8 Å². The monoisotopic (exact) mass is 365 g/mol. The lowest BCUT2D eigenvalue weighted by molar-refractivity contribution is 0.0732. The van der Waals surface area contributed by atoms with E-state index in [0.717, 1.165) is 23.9 Å². The van der Waals surface area contributed by atoms with Gasteiger partial charge in [-0.1, -0.05) is 15.9 Å². The molecule has 3 nitrogen and oxygen atoms in total. The van der Waals surface area contributed by atoms with Crippen LogP contribution in [-0.4, -0.2) is 24.5 Å². The van der Waals surface area contributed by atoms with E-state index in [-0.39, 0.29) is 11.9 Å². The Kier molecular flexibility index (Phi) is 4.31. The lowest BCUT2D eigenvalue weighted by Gasteiger charge is -2.25. The Bertz CT molecular complexity index is 642. The van der Waals surface area contributed by atoms with E-state index in [9.17, 15) is 4.79 Å². The van der Waals surface area contributed by atoms with Crippen LogP contribution in [0.4, 0.5) is 0 Å². The highest BCUT2D eigenvalue weighted by molar-refractivity contribution is 9.10. The number of carbonyl (C=O) groups is 1. The summed E-state index contributed by atoms with van der Waals surface area (Å²) in [5.74, 6) is 0.665. The zero-order valence-electron chi connectivity index (χ0n) is 11.7. The fourth-order valence-corrected chi connectivity index (χ4v) is 3.86. The highest BCUT2D eigenvalue weighted by atomic mass is 79.9. The molecule has 1 fully saturated rings. The summed E-state index contributed by atoms with van der Waals surface area (Å²) < 4.78 is 6.27. The van der Waals surface area contributed by atoms with Crippen LogP contribution in [-0.2, 0) is 0 Å². The van der Waals surface area contributed by atoms with E-state index in [4.69, 9.17) is 4.74 Å². The zero-order valence-corrected chi connectivity index (χ0v) is 14.1. The molecule has 0 bridgehead atoms. The Morgan fingerprint density at radius 1 is 1.43 bits per heavy atom. The summed E-state index contributed by atoms with van der Waals surface area (Å²) >= 11 is 5.09. The maximum Gasteiger partial charge on any atom is 0.258 e. The fraction of sp³-hybridized carbons (Fsp3) is 0.312. The molecule has 0 spiro atoms. The average molecular weight is 366 g/mol. The SMILES string of the molecule is COc1cc(Br)ccc1C(=O)N1CCCC1c1ccsc1. The molecule has 2 aromatic rings. The van der Waals surface area contributed by atoms with Crippen LogP contribution in [0.25, 0.3) is 0 Å². The lowest BCUT2D eigenvalue weighted by atomic mass is 10.1. The fourth-order valence-electron chi connectivity index (χ4n) is 2.82. The number of methoxy groups -OCH3 is 1. The Hall–Kier alpha value is -1.33. The molecule has 1 saturated heterocycles. The van der Waals surface area contributed by atoms with Gasteiger partial charge >= 0.3 is 0 Å². The van der Waals surface area contributed by atoms with Crippen LogP contribution in [0.5, 0.6) is 5.75 Å². The molecule has 0 aliphatic carbocycles. The Labute approximate surface area is 136 Å². The third-order valence-electron chi connectivity index (χ3n) is 3.84. The van der Waals surface area contributed by atoms with Crippen molar-refractivity contribution in [3.8, 4) is 5.75 Å². The number of thiophene rings is 1. The third kappa shape index (κ3) is 2.85. The maximum absolute atomic E-state index is 12.9. The second-order valence-electron chi connectivity index (χ2n) is 5.06. The van der Waals surface area contributed by atoms with E-state index in [1.54, 1.807) is 18.4 Å². The van der Waals surface area contributed by atoms with Crippen molar-refractivity contribution in [3.63, 3.8) is 0 Å². The van der Waals surface area contributed by atoms with Gasteiger partial charge in [-0.3, -0.25) is 4.79 Å². The van der Waals surface area contributed by atoms with Gasteiger partial charge < -0.3 is 9.64 Å². The minimum absolute atomic E-state index is 0.0491. The number of hydrogen-bond donors (Lipinski definition) is 0. The third-order valence-corrected chi connectivity index (χ3v) is 5.03. The van der Waals surface area contributed by atoms with Crippen molar-refractivity contribution in [2.75, 3.05) is 13.7 Å². The molecule has 0 N–H and O–H groups in total. The molecule has 3 rings (SSSR count). The van der Waals surface area contributed by atoms with Gasteiger partial charge in [-0.25, -0.2) is 0 Å². The summed E-state index contributed by atoms with van der Waals surface area (Å²) in [6, 6.07) is 7.85. The van der Waals surface area contributed by atoms with E-state index in [1.165, 1.54) is 5.56 Å². The van der Waals surface area contributed by atoms with Crippen molar-refractivity contribution >= 4 is 33.2 Å². The smallest absolute Gasteiger partial charge is 0.258 e. The molecule has 1 atom stereocenters. The normalized spacial score (nSPS) is 18.0. The largest absolute Gasteiger partial charge is 0.496 e. The highest BCUT2D eigenvalue weighted by Crippen LogP contribution is 2.35. The predicted molar refractivity (Wildman–Crippen MR) is 88.0 cm³/mol. The van der Waals surface area contributed by atoms with Gasteiger partial charge in [-0.05, 0) is 53.4 Å². The molecule has 1 aliphatic heterocycles. The first-order chi connectivity index (χ1) is 10.2. The summed E-state index contributed by atoms with van der Waals surface area (Å²) in [7, 11) is 1.60. The zero-order chi connectivity index (χ0) is 14.8. The average Bonchev–Trinajstić information content (AvgIpc) is 3.16. The second-order valence-corrected chi connectivity index (χ2v) is 6.75. The minimum atomic E-state index is 0.0491. The van der Waals surface area contributed by atoms with Gasteiger partial charge in [-0.2, -0.15) is 11.3 Å². The summed E-state index contributed by atoms with van der Waals surface area (Å²) in [6.07, 6.45) is 2.08. The van der Waals surface area contributed by atoms with Gasteiger partial charge in [-0.15, -0.1) is 0 Å². The standard InChI is InChI=1S/C16H16BrNO2S/c1-20-15-9-12(17)4-5-13(15)16(19)18-7-2-3-14(18)11-6-8-21-10-11/h4-6,8-10,14H,2-3,7H2,1H3. The predicted octanol–water partition coefficient (Wildman–Crippen LogP) is 4.50. The molecule has 1 aliphatic rings. The minimum Gasteiger partial charge on any atom is -0.496 e. The van der Waals surface area contributed by atoms with Crippen LogP contribution in [0, 0.1) is 0 Å². The molecule has 1 amide bonds. The molecule has 21 heavy (non-hydrogen) atoms. The van der Waals surface area contributed by atoms with E-state index < -0.39 is 0 Å². The van der Waals surface area contributed by atoms with Crippen molar-refractivity contribution in [2.45, 2.75) is 18.9 Å². The summed E-state index contributed by atoms with van der Waals surface area (Å²) in [4.78, 5) is 14.8. The molecule has 0 radical (unpaired) electrons. The molecule has 1 aromatic heterocycles. The number of nitrogens with zero attached hydrogens (tertiary/aromatic N) is 1. The highest BCUT2D eigenvalue weighted by Gasteiger charge is 2.32. The van der Waals surface area contributed by atoms with Gasteiger partial charge in [0.25, 0.3) is 5.91 Å². The molecule has 5 heteroatoms. The first kappa shape index (κ1) is 14.6. The molecular weight excluding hydrogens is 350 g/mol. The number of halogens is 1. The first-order valence-corrected chi connectivity index (χ1v) is 8.61. The van der Waals surface area contributed by atoms with Crippen LogP contribution in [0.2, 0.25) is 0 Å². The van der Waals surface area contributed by atoms with Gasteiger partial charge in [0.15, 0.2) is 0 Å². The molecule has 2 heterocycles. The van der Waals surface area contributed by atoms with E-state index >= 15 is 0 Å². The molecule has 0 saturated carbocycles. The second kappa shape index (κ2) is 6.20. The topological polar surface area (TPSA) is 29.5 Å². The number of rotatable bonds is 3. The number of hydrogen-bond acceptors (Lipinski definition) is 3. The van der Waals surface area contributed by atoms with Crippen LogP contribution in [0.15, 0.2) is 39.5 Å². The number of likely N-dealkylation sites (tertiary alicyclic amines) is 1. The van der Waals surface area contributed by atoms with Gasteiger partial charge in [0.1, 0.15) is 5.75 Å². The first-order valence-electron chi connectivity index (χ1n) is 6.87. The quantitative estimate of drug-likeness (QED) is 0.801.